The van der Waals surface area contributed by atoms with Gasteiger partial charge in [-0.25, -0.2) is 8.42 Å². The average molecular weight is 222 g/mol. The summed E-state index contributed by atoms with van der Waals surface area (Å²) in [5, 5.41) is 8.83. The van der Waals surface area contributed by atoms with Crippen molar-refractivity contribution in [2.45, 2.75) is 44.0 Å². The van der Waals surface area contributed by atoms with E-state index < -0.39 is 21.2 Å². The van der Waals surface area contributed by atoms with Gasteiger partial charge in [0.2, 0.25) is 0 Å². The van der Waals surface area contributed by atoms with Gasteiger partial charge in [-0.1, -0.05) is 6.92 Å². The first-order chi connectivity index (χ1) is 6.41. The second kappa shape index (κ2) is 6.14. The Morgan fingerprint density at radius 1 is 1.36 bits per heavy atom. The minimum absolute atomic E-state index is 0.0835. The van der Waals surface area contributed by atoms with E-state index in [4.69, 9.17) is 0 Å². The van der Waals surface area contributed by atoms with Crippen molar-refractivity contribution in [2.24, 2.45) is 0 Å². The molecule has 0 aromatic rings. The first kappa shape index (κ1) is 13.6. The van der Waals surface area contributed by atoms with E-state index in [9.17, 15) is 18.3 Å². The maximum absolute atomic E-state index is 11.2. The van der Waals surface area contributed by atoms with Crippen LogP contribution in [0.3, 0.4) is 0 Å². The molecule has 0 heterocycles. The number of hydrogen-bond donors (Lipinski definition) is 1. The molecule has 0 bridgehead atoms. The summed E-state index contributed by atoms with van der Waals surface area (Å²) in [6.07, 6.45) is 2.56. The molecule has 1 N–H and O–H groups in total. The summed E-state index contributed by atoms with van der Waals surface area (Å²) < 4.78 is 22.4. The molecule has 0 aromatic carbocycles. The fourth-order valence-electron chi connectivity index (χ4n) is 1.33. The van der Waals surface area contributed by atoms with Crippen molar-refractivity contribution in [3.63, 3.8) is 0 Å². The molecule has 0 aliphatic carbocycles. The fraction of sp³-hybridized carbons (Fsp3) is 0.889. The van der Waals surface area contributed by atoms with E-state index in [2.05, 4.69) is 0 Å². The third kappa shape index (κ3) is 5.34. The molecule has 0 fully saturated rings. The Kier molecular flexibility index (Phi) is 5.95. The Balaban J connectivity index is 4.03. The summed E-state index contributed by atoms with van der Waals surface area (Å²) in [6, 6.07) is 0. The number of carbonyl (C=O) groups excluding carboxylic acids is 1. The second-order valence-corrected chi connectivity index (χ2v) is 5.82. The van der Waals surface area contributed by atoms with E-state index in [0.717, 1.165) is 0 Å². The van der Waals surface area contributed by atoms with Crippen LogP contribution in [-0.4, -0.2) is 37.4 Å². The molecule has 4 nitrogen and oxygen atoms in total. The van der Waals surface area contributed by atoms with Gasteiger partial charge in [-0.2, -0.15) is 0 Å². The van der Waals surface area contributed by atoms with Crippen LogP contribution in [0.25, 0.3) is 0 Å². The van der Waals surface area contributed by atoms with Crippen molar-refractivity contribution in [3.8, 4) is 0 Å². The van der Waals surface area contributed by atoms with Gasteiger partial charge in [-0.15, -0.1) is 0 Å². The lowest BCUT2D eigenvalue weighted by atomic mass is 10.1. The molecule has 5 heteroatoms. The van der Waals surface area contributed by atoms with E-state index in [0.29, 0.717) is 25.5 Å². The number of aliphatic hydroxyl groups is 1. The van der Waals surface area contributed by atoms with Crippen molar-refractivity contribution in [1.29, 1.82) is 0 Å². The Bertz CT molecular complexity index is 258. The van der Waals surface area contributed by atoms with Crippen LogP contribution in [0.5, 0.6) is 0 Å². The summed E-state index contributed by atoms with van der Waals surface area (Å²) in [5.74, 6) is 0. The van der Waals surface area contributed by atoms with Gasteiger partial charge in [0.1, 0.15) is 16.1 Å². The maximum atomic E-state index is 11.2. The zero-order valence-corrected chi connectivity index (χ0v) is 9.46. The molecule has 0 aliphatic heterocycles. The standard InChI is InChI=1S/C9H18O4S/c1-3-9(14(2,12)13)5-4-8(11)6-7-10/h7-9,11H,3-6H2,1-2H3. The highest BCUT2D eigenvalue weighted by atomic mass is 32.2. The van der Waals surface area contributed by atoms with E-state index in [1.807, 2.05) is 0 Å². The molecule has 0 saturated carbocycles. The third-order valence-electron chi connectivity index (χ3n) is 2.25. The summed E-state index contributed by atoms with van der Waals surface area (Å²) in [5.41, 5.74) is 0. The summed E-state index contributed by atoms with van der Waals surface area (Å²) >= 11 is 0. The molecule has 0 amide bonds. The van der Waals surface area contributed by atoms with Gasteiger partial charge in [0.15, 0.2) is 0 Å². The first-order valence-corrected chi connectivity index (χ1v) is 6.67. The van der Waals surface area contributed by atoms with Crippen LogP contribution in [0.1, 0.15) is 32.6 Å². The smallest absolute Gasteiger partial charge is 0.150 e. The number of hydrogen-bond acceptors (Lipinski definition) is 4. The Morgan fingerprint density at radius 3 is 2.29 bits per heavy atom. The van der Waals surface area contributed by atoms with Crippen molar-refractivity contribution in [3.05, 3.63) is 0 Å². The van der Waals surface area contributed by atoms with Gasteiger partial charge in [0.05, 0.1) is 11.4 Å². The van der Waals surface area contributed by atoms with E-state index in [1.165, 1.54) is 6.26 Å². The molecule has 84 valence electrons. The predicted octanol–water partition coefficient (Wildman–Crippen LogP) is 0.540. The van der Waals surface area contributed by atoms with Gasteiger partial charge in [0.25, 0.3) is 0 Å². The fourth-order valence-corrected chi connectivity index (χ4v) is 2.50. The van der Waals surface area contributed by atoms with Crippen LogP contribution < -0.4 is 0 Å². The summed E-state index contributed by atoms with van der Waals surface area (Å²) in [6.45, 7) is 1.80. The van der Waals surface area contributed by atoms with Gasteiger partial charge in [0, 0.05) is 12.7 Å². The first-order valence-electron chi connectivity index (χ1n) is 4.72. The topological polar surface area (TPSA) is 71.4 Å². The normalized spacial score (nSPS) is 16.2. The minimum Gasteiger partial charge on any atom is -0.393 e. The lowest BCUT2D eigenvalue weighted by Gasteiger charge is -2.14. The van der Waals surface area contributed by atoms with Crippen molar-refractivity contribution in [2.75, 3.05) is 6.26 Å². The lowest BCUT2D eigenvalue weighted by molar-refractivity contribution is -0.109. The zero-order chi connectivity index (χ0) is 11.2. The number of aliphatic hydroxyl groups excluding tert-OH is 1. The second-order valence-electron chi connectivity index (χ2n) is 3.49. The number of aldehydes is 1. The van der Waals surface area contributed by atoms with E-state index in [1.54, 1.807) is 6.92 Å². The number of rotatable bonds is 7. The van der Waals surface area contributed by atoms with Crippen LogP contribution in [0.15, 0.2) is 0 Å². The quantitative estimate of drug-likeness (QED) is 0.638. The monoisotopic (exact) mass is 222 g/mol. The van der Waals surface area contributed by atoms with E-state index >= 15 is 0 Å². The van der Waals surface area contributed by atoms with Crippen molar-refractivity contribution >= 4 is 16.1 Å². The summed E-state index contributed by atoms with van der Waals surface area (Å²) in [7, 11) is -3.03. The molecule has 2 unspecified atom stereocenters. The van der Waals surface area contributed by atoms with Crippen LogP contribution >= 0.6 is 0 Å². The molecule has 0 radical (unpaired) electrons. The molecular weight excluding hydrogens is 204 g/mol. The molecule has 14 heavy (non-hydrogen) atoms. The SMILES string of the molecule is CCC(CCC(O)CC=O)S(C)(=O)=O. The van der Waals surface area contributed by atoms with E-state index in [-0.39, 0.29) is 6.42 Å². The lowest BCUT2D eigenvalue weighted by Crippen LogP contribution is -2.21. The van der Waals surface area contributed by atoms with Crippen LogP contribution in [-0.2, 0) is 14.6 Å². The maximum Gasteiger partial charge on any atom is 0.150 e. The zero-order valence-electron chi connectivity index (χ0n) is 8.64. The van der Waals surface area contributed by atoms with Gasteiger partial charge >= 0.3 is 0 Å². The van der Waals surface area contributed by atoms with Crippen LogP contribution in [0.2, 0.25) is 0 Å². The Morgan fingerprint density at radius 2 is 1.93 bits per heavy atom. The van der Waals surface area contributed by atoms with Crippen molar-refractivity contribution in [1.82, 2.24) is 0 Å². The highest BCUT2D eigenvalue weighted by molar-refractivity contribution is 7.91. The molecule has 0 spiro atoms. The van der Waals surface area contributed by atoms with Crippen LogP contribution in [0.4, 0.5) is 0 Å². The molecular formula is C9H18O4S. The van der Waals surface area contributed by atoms with Gasteiger partial charge < -0.3 is 9.90 Å². The van der Waals surface area contributed by atoms with Crippen LogP contribution in [0, 0.1) is 0 Å². The van der Waals surface area contributed by atoms with Gasteiger partial charge in [-0.3, -0.25) is 0 Å². The third-order valence-corrected chi connectivity index (χ3v) is 4.03. The van der Waals surface area contributed by atoms with Crippen molar-refractivity contribution < 1.29 is 18.3 Å². The Hall–Kier alpha value is -0.420. The molecule has 0 aliphatic rings. The minimum atomic E-state index is -3.03. The molecule has 2 atom stereocenters. The van der Waals surface area contributed by atoms with Gasteiger partial charge in [-0.05, 0) is 19.3 Å². The highest BCUT2D eigenvalue weighted by Gasteiger charge is 2.19. The number of sulfone groups is 1. The molecule has 0 saturated heterocycles. The number of carbonyl (C=O) groups is 1. The highest BCUT2D eigenvalue weighted by Crippen LogP contribution is 2.13. The molecule has 0 rings (SSSR count). The summed E-state index contributed by atoms with van der Waals surface area (Å²) in [4.78, 5) is 10.0. The Labute approximate surface area is 85.2 Å². The largest absolute Gasteiger partial charge is 0.393 e. The molecule has 0 aromatic heterocycles. The predicted molar refractivity (Wildman–Crippen MR) is 54.8 cm³/mol. The average Bonchev–Trinajstić information content (AvgIpc) is 2.03.